The molecule has 0 aromatic carbocycles. The molecule has 0 amide bonds. The summed E-state index contributed by atoms with van der Waals surface area (Å²) in [6, 6.07) is 0. The molecule has 0 N–H and O–H groups in total. The van der Waals surface area contributed by atoms with Crippen molar-refractivity contribution in [2.75, 3.05) is 0 Å². The molecule has 15 heavy (non-hydrogen) atoms. The van der Waals surface area contributed by atoms with Crippen molar-refractivity contribution in [2.24, 2.45) is 5.92 Å². The lowest BCUT2D eigenvalue weighted by atomic mass is 9.85. The van der Waals surface area contributed by atoms with E-state index in [1.54, 1.807) is 0 Å². The van der Waals surface area contributed by atoms with E-state index in [9.17, 15) is 0 Å². The van der Waals surface area contributed by atoms with E-state index in [4.69, 9.17) is 23.2 Å². The summed E-state index contributed by atoms with van der Waals surface area (Å²) >= 11 is 11.9. The van der Waals surface area contributed by atoms with E-state index in [1.807, 2.05) is 0 Å². The lowest BCUT2D eigenvalue weighted by Gasteiger charge is -2.23. The number of nitrogens with zero attached hydrogens (tertiary/aromatic N) is 2. The molecule has 1 heterocycles. The molecule has 0 bridgehead atoms. The fourth-order valence-electron chi connectivity index (χ4n) is 2.27. The van der Waals surface area contributed by atoms with E-state index < -0.39 is 0 Å². The summed E-state index contributed by atoms with van der Waals surface area (Å²) in [6.07, 6.45) is 5.69. The van der Waals surface area contributed by atoms with Gasteiger partial charge in [0.25, 0.3) is 0 Å². The molecule has 0 radical (unpaired) electrons. The van der Waals surface area contributed by atoms with Crippen molar-refractivity contribution >= 4 is 23.2 Å². The molecule has 1 atom stereocenters. The molecule has 82 valence electrons. The average Bonchev–Trinajstić information content (AvgIpc) is 2.19. The molecule has 2 nitrogen and oxygen atoms in total. The van der Waals surface area contributed by atoms with E-state index in [2.05, 4.69) is 16.9 Å². The molecule has 4 heteroatoms. The fraction of sp³-hybridized carbons (Fsp3) is 0.636. The Morgan fingerprint density at radius 2 is 2.13 bits per heavy atom. The topological polar surface area (TPSA) is 25.8 Å². The Kier molecular flexibility index (Phi) is 3.47. The zero-order valence-electron chi connectivity index (χ0n) is 8.76. The maximum absolute atomic E-state index is 6.08. The van der Waals surface area contributed by atoms with Crippen LogP contribution in [0.15, 0.2) is 0 Å². The Morgan fingerprint density at radius 3 is 2.87 bits per heavy atom. The summed E-state index contributed by atoms with van der Waals surface area (Å²) in [5, 5.41) is 0.818. The van der Waals surface area contributed by atoms with Crippen LogP contribution in [-0.2, 0) is 12.8 Å². The minimum absolute atomic E-state index is 0.271. The smallest absolute Gasteiger partial charge is 0.223 e. The normalized spacial score (nSPS) is 20.1. The zero-order chi connectivity index (χ0) is 10.8. The molecule has 0 spiro atoms. The molecule has 0 saturated carbocycles. The van der Waals surface area contributed by atoms with Gasteiger partial charge in [0.2, 0.25) is 5.28 Å². The van der Waals surface area contributed by atoms with Gasteiger partial charge in [-0.2, -0.15) is 0 Å². The number of hydrogen-bond acceptors (Lipinski definition) is 2. The molecule has 1 aliphatic carbocycles. The first-order chi connectivity index (χ1) is 7.20. The molecular weight excluding hydrogens is 231 g/mol. The van der Waals surface area contributed by atoms with Crippen LogP contribution in [0.2, 0.25) is 10.4 Å². The second kappa shape index (κ2) is 4.67. The van der Waals surface area contributed by atoms with Gasteiger partial charge in [0, 0.05) is 5.56 Å². The summed E-state index contributed by atoms with van der Waals surface area (Å²) < 4.78 is 0. The zero-order valence-corrected chi connectivity index (χ0v) is 10.3. The van der Waals surface area contributed by atoms with Crippen LogP contribution in [-0.4, -0.2) is 9.97 Å². The van der Waals surface area contributed by atoms with Crippen LogP contribution in [0, 0.1) is 5.92 Å². The van der Waals surface area contributed by atoms with Crippen LogP contribution < -0.4 is 0 Å². The number of aryl methyl sites for hydroxylation is 1. The highest BCUT2D eigenvalue weighted by Crippen LogP contribution is 2.31. The first-order valence-electron chi connectivity index (χ1n) is 5.41. The third kappa shape index (κ3) is 2.43. The predicted molar refractivity (Wildman–Crippen MR) is 62.5 cm³/mol. The van der Waals surface area contributed by atoms with Gasteiger partial charge in [0.15, 0.2) is 0 Å². The quantitative estimate of drug-likeness (QED) is 0.586. The molecule has 1 unspecified atom stereocenters. The molecule has 0 aliphatic heterocycles. The van der Waals surface area contributed by atoms with Crippen molar-refractivity contribution in [3.05, 3.63) is 21.7 Å². The Labute approximate surface area is 100 Å². The van der Waals surface area contributed by atoms with Gasteiger partial charge in [-0.3, -0.25) is 0 Å². The SMILES string of the molecule is CCCC1CCc2nc(Cl)nc(Cl)c2C1. The first kappa shape index (κ1) is 11.2. The molecule has 1 aromatic heterocycles. The van der Waals surface area contributed by atoms with Crippen LogP contribution in [0.5, 0.6) is 0 Å². The van der Waals surface area contributed by atoms with Gasteiger partial charge in [-0.15, -0.1) is 0 Å². The number of hydrogen-bond donors (Lipinski definition) is 0. The lowest BCUT2D eigenvalue weighted by molar-refractivity contribution is 0.417. The summed E-state index contributed by atoms with van der Waals surface area (Å²) in [7, 11) is 0. The van der Waals surface area contributed by atoms with Crippen molar-refractivity contribution in [2.45, 2.75) is 39.0 Å². The Bertz CT molecular complexity index is 366. The van der Waals surface area contributed by atoms with Crippen molar-refractivity contribution in [1.29, 1.82) is 0 Å². The van der Waals surface area contributed by atoms with Gasteiger partial charge in [-0.25, -0.2) is 9.97 Å². The number of aromatic nitrogens is 2. The number of halogens is 2. The largest absolute Gasteiger partial charge is 0.224 e. The van der Waals surface area contributed by atoms with E-state index in [0.29, 0.717) is 5.15 Å². The van der Waals surface area contributed by atoms with Gasteiger partial charge < -0.3 is 0 Å². The minimum Gasteiger partial charge on any atom is -0.223 e. The molecular formula is C11H14Cl2N2. The van der Waals surface area contributed by atoms with Gasteiger partial charge in [-0.05, 0) is 36.8 Å². The Balaban J connectivity index is 2.25. The maximum atomic E-state index is 6.08. The van der Waals surface area contributed by atoms with Gasteiger partial charge >= 0.3 is 0 Å². The third-order valence-corrected chi connectivity index (χ3v) is 3.48. The van der Waals surface area contributed by atoms with E-state index in [1.165, 1.54) is 19.3 Å². The third-order valence-electron chi connectivity index (χ3n) is 2.99. The van der Waals surface area contributed by atoms with Crippen LogP contribution in [0.4, 0.5) is 0 Å². The summed E-state index contributed by atoms with van der Waals surface area (Å²) in [5.41, 5.74) is 2.16. The van der Waals surface area contributed by atoms with Crippen LogP contribution in [0.25, 0.3) is 0 Å². The van der Waals surface area contributed by atoms with Gasteiger partial charge in [0.1, 0.15) is 5.15 Å². The minimum atomic E-state index is 0.271. The Hall–Kier alpha value is -0.340. The second-order valence-electron chi connectivity index (χ2n) is 4.11. The summed E-state index contributed by atoms with van der Waals surface area (Å²) in [6.45, 7) is 2.22. The van der Waals surface area contributed by atoms with Crippen LogP contribution in [0.3, 0.4) is 0 Å². The maximum Gasteiger partial charge on any atom is 0.224 e. The first-order valence-corrected chi connectivity index (χ1v) is 6.17. The van der Waals surface area contributed by atoms with E-state index in [-0.39, 0.29) is 5.28 Å². The molecule has 2 rings (SSSR count). The Morgan fingerprint density at radius 1 is 1.33 bits per heavy atom. The highest BCUT2D eigenvalue weighted by molar-refractivity contribution is 6.32. The standard InChI is InChI=1S/C11H14Cl2N2/c1-2-3-7-4-5-9-8(6-7)10(12)15-11(13)14-9/h7H,2-6H2,1H3. The van der Waals surface area contributed by atoms with Crippen LogP contribution >= 0.6 is 23.2 Å². The highest BCUT2D eigenvalue weighted by Gasteiger charge is 2.22. The summed E-state index contributed by atoms with van der Waals surface area (Å²) in [4.78, 5) is 8.24. The van der Waals surface area contributed by atoms with Crippen molar-refractivity contribution < 1.29 is 0 Å². The van der Waals surface area contributed by atoms with Gasteiger partial charge in [-0.1, -0.05) is 31.4 Å². The number of fused-ring (bicyclic) bond motifs is 1. The summed E-state index contributed by atoms with van der Waals surface area (Å²) in [5.74, 6) is 0.741. The second-order valence-corrected chi connectivity index (χ2v) is 4.80. The van der Waals surface area contributed by atoms with Crippen LogP contribution in [0.1, 0.15) is 37.4 Å². The average molecular weight is 245 g/mol. The van der Waals surface area contributed by atoms with Crippen molar-refractivity contribution in [3.63, 3.8) is 0 Å². The van der Waals surface area contributed by atoms with Crippen molar-refractivity contribution in [3.8, 4) is 0 Å². The van der Waals surface area contributed by atoms with E-state index >= 15 is 0 Å². The number of rotatable bonds is 2. The highest BCUT2D eigenvalue weighted by atomic mass is 35.5. The monoisotopic (exact) mass is 244 g/mol. The molecule has 1 aromatic rings. The lowest BCUT2D eigenvalue weighted by Crippen LogP contribution is -2.16. The predicted octanol–water partition coefficient (Wildman–Crippen LogP) is 3.69. The van der Waals surface area contributed by atoms with Crippen molar-refractivity contribution in [1.82, 2.24) is 9.97 Å². The van der Waals surface area contributed by atoms with E-state index in [0.717, 1.165) is 30.0 Å². The molecule has 1 aliphatic rings. The molecule has 0 fully saturated rings. The molecule has 0 saturated heterocycles. The fourth-order valence-corrected chi connectivity index (χ4v) is 2.76. The van der Waals surface area contributed by atoms with Gasteiger partial charge in [0.05, 0.1) is 5.69 Å².